The molecular weight excluding hydrogens is 347 g/mol. The van der Waals surface area contributed by atoms with Gasteiger partial charge in [0.25, 0.3) is 0 Å². The second-order valence-electron chi connectivity index (χ2n) is 5.84. The van der Waals surface area contributed by atoms with Gasteiger partial charge in [0.05, 0.1) is 11.1 Å². The standard InChI is InChI=1S/C19H14F3NO3/c1-10-8-9-13(23-18(25)19(20,21)22)17-14(10)15(24)11(2)16(26-17)12-6-4-3-5-7-12/h3-9H,1-2H3,(H,23,25). The van der Waals surface area contributed by atoms with Crippen molar-refractivity contribution < 1.29 is 22.4 Å². The van der Waals surface area contributed by atoms with Crippen LogP contribution in [-0.2, 0) is 4.79 Å². The van der Waals surface area contributed by atoms with Gasteiger partial charge in [-0.05, 0) is 25.5 Å². The number of anilines is 1. The molecule has 0 aliphatic heterocycles. The summed E-state index contributed by atoms with van der Waals surface area (Å²) < 4.78 is 43.6. The van der Waals surface area contributed by atoms with E-state index in [4.69, 9.17) is 4.42 Å². The summed E-state index contributed by atoms with van der Waals surface area (Å²) in [5.74, 6) is -1.89. The van der Waals surface area contributed by atoms with Crippen LogP contribution >= 0.6 is 0 Å². The van der Waals surface area contributed by atoms with Crippen molar-refractivity contribution in [2.45, 2.75) is 20.0 Å². The van der Waals surface area contributed by atoms with E-state index >= 15 is 0 Å². The summed E-state index contributed by atoms with van der Waals surface area (Å²) in [6, 6.07) is 11.5. The largest absolute Gasteiger partial charge is 0.471 e. The zero-order valence-electron chi connectivity index (χ0n) is 13.9. The van der Waals surface area contributed by atoms with E-state index in [0.29, 0.717) is 16.7 Å². The number of carbonyl (C=O) groups excluding carboxylic acids is 1. The monoisotopic (exact) mass is 361 g/mol. The summed E-state index contributed by atoms with van der Waals surface area (Å²) in [4.78, 5) is 24.1. The average Bonchev–Trinajstić information content (AvgIpc) is 2.59. The molecule has 134 valence electrons. The van der Waals surface area contributed by atoms with Crippen LogP contribution in [0.15, 0.2) is 51.7 Å². The van der Waals surface area contributed by atoms with Gasteiger partial charge in [0.15, 0.2) is 11.0 Å². The minimum atomic E-state index is -5.05. The van der Waals surface area contributed by atoms with Crippen molar-refractivity contribution in [1.29, 1.82) is 0 Å². The van der Waals surface area contributed by atoms with E-state index < -0.39 is 12.1 Å². The van der Waals surface area contributed by atoms with E-state index in [1.807, 2.05) is 0 Å². The minimum absolute atomic E-state index is 0.0861. The molecule has 0 radical (unpaired) electrons. The summed E-state index contributed by atoms with van der Waals surface area (Å²) in [6.45, 7) is 3.24. The SMILES string of the molecule is Cc1c(-c2ccccc2)oc2c(NC(=O)C(F)(F)F)ccc(C)c2c1=O. The van der Waals surface area contributed by atoms with E-state index in [0.717, 1.165) is 0 Å². The molecule has 1 N–H and O–H groups in total. The Balaban J connectivity index is 2.29. The lowest BCUT2D eigenvalue weighted by atomic mass is 10.0. The summed E-state index contributed by atoms with van der Waals surface area (Å²) in [5.41, 5.74) is 0.844. The molecule has 0 aliphatic rings. The molecule has 0 aliphatic carbocycles. The van der Waals surface area contributed by atoms with E-state index in [1.165, 1.54) is 12.1 Å². The van der Waals surface area contributed by atoms with Gasteiger partial charge >= 0.3 is 12.1 Å². The zero-order valence-corrected chi connectivity index (χ0v) is 13.9. The number of carbonyl (C=O) groups is 1. The Labute approximate surface area is 146 Å². The summed E-state index contributed by atoms with van der Waals surface area (Å²) in [6.07, 6.45) is -5.05. The molecule has 4 nitrogen and oxygen atoms in total. The van der Waals surface area contributed by atoms with Crippen LogP contribution in [-0.4, -0.2) is 12.1 Å². The smallest absolute Gasteiger partial charge is 0.453 e. The molecule has 3 rings (SSSR count). The van der Waals surface area contributed by atoms with Crippen molar-refractivity contribution >= 4 is 22.6 Å². The first-order valence-corrected chi connectivity index (χ1v) is 7.70. The predicted molar refractivity (Wildman–Crippen MR) is 92.1 cm³/mol. The number of amides is 1. The Hall–Kier alpha value is -3.09. The molecule has 0 saturated carbocycles. The van der Waals surface area contributed by atoms with Crippen molar-refractivity contribution in [3.8, 4) is 11.3 Å². The number of aryl methyl sites for hydroxylation is 1. The normalized spacial score (nSPS) is 11.6. The lowest BCUT2D eigenvalue weighted by Crippen LogP contribution is -2.30. The van der Waals surface area contributed by atoms with Gasteiger partial charge in [0.1, 0.15) is 5.76 Å². The van der Waals surface area contributed by atoms with Crippen LogP contribution < -0.4 is 10.7 Å². The summed E-state index contributed by atoms with van der Waals surface area (Å²) in [5, 5.41) is 1.92. The average molecular weight is 361 g/mol. The molecule has 0 atom stereocenters. The summed E-state index contributed by atoms with van der Waals surface area (Å²) in [7, 11) is 0. The Morgan fingerprint density at radius 2 is 1.69 bits per heavy atom. The van der Waals surface area contributed by atoms with Crippen molar-refractivity contribution in [3.05, 3.63) is 63.8 Å². The number of halogens is 3. The number of hydrogen-bond acceptors (Lipinski definition) is 3. The summed E-state index contributed by atoms with van der Waals surface area (Å²) >= 11 is 0. The lowest BCUT2D eigenvalue weighted by Gasteiger charge is -2.13. The molecule has 0 fully saturated rings. The van der Waals surface area contributed by atoms with Crippen LogP contribution in [0.25, 0.3) is 22.3 Å². The molecule has 26 heavy (non-hydrogen) atoms. The maximum atomic E-state index is 12.8. The molecule has 0 spiro atoms. The van der Waals surface area contributed by atoms with Gasteiger partial charge in [0, 0.05) is 11.1 Å². The first-order chi connectivity index (χ1) is 12.2. The molecule has 0 unspecified atom stereocenters. The molecule has 2 aromatic carbocycles. The van der Waals surface area contributed by atoms with Crippen LogP contribution in [0.3, 0.4) is 0 Å². The van der Waals surface area contributed by atoms with Crippen molar-refractivity contribution in [2.24, 2.45) is 0 Å². The maximum absolute atomic E-state index is 12.8. The quantitative estimate of drug-likeness (QED) is 0.727. The highest BCUT2D eigenvalue weighted by atomic mass is 19.4. The van der Waals surface area contributed by atoms with E-state index in [1.54, 1.807) is 49.5 Å². The zero-order chi connectivity index (χ0) is 19.1. The van der Waals surface area contributed by atoms with Gasteiger partial charge in [-0.25, -0.2) is 0 Å². The molecule has 1 amide bonds. The van der Waals surface area contributed by atoms with Crippen molar-refractivity contribution in [3.63, 3.8) is 0 Å². The minimum Gasteiger partial charge on any atom is -0.453 e. The van der Waals surface area contributed by atoms with Crippen LogP contribution in [0, 0.1) is 13.8 Å². The number of rotatable bonds is 2. The second kappa shape index (κ2) is 6.33. The lowest BCUT2D eigenvalue weighted by molar-refractivity contribution is -0.167. The van der Waals surface area contributed by atoms with Crippen molar-refractivity contribution in [2.75, 3.05) is 5.32 Å². The Bertz CT molecular complexity index is 1050. The van der Waals surface area contributed by atoms with E-state index in [2.05, 4.69) is 0 Å². The van der Waals surface area contributed by atoms with Crippen LogP contribution in [0.4, 0.5) is 18.9 Å². The van der Waals surface area contributed by atoms with Gasteiger partial charge < -0.3 is 9.73 Å². The van der Waals surface area contributed by atoms with Crippen LogP contribution in [0.1, 0.15) is 11.1 Å². The molecule has 0 bridgehead atoms. The molecule has 7 heteroatoms. The third-order valence-corrected chi connectivity index (χ3v) is 4.02. The highest BCUT2D eigenvalue weighted by Gasteiger charge is 2.39. The fourth-order valence-corrected chi connectivity index (χ4v) is 2.70. The Morgan fingerprint density at radius 1 is 1.04 bits per heavy atom. The third kappa shape index (κ3) is 3.08. The van der Waals surface area contributed by atoms with Gasteiger partial charge in [-0.1, -0.05) is 36.4 Å². The third-order valence-electron chi connectivity index (χ3n) is 4.02. The highest BCUT2D eigenvalue weighted by Crippen LogP contribution is 2.31. The van der Waals surface area contributed by atoms with Gasteiger partial charge in [-0.15, -0.1) is 0 Å². The molecule has 1 aromatic heterocycles. The van der Waals surface area contributed by atoms with Crippen LogP contribution in [0.5, 0.6) is 0 Å². The van der Waals surface area contributed by atoms with Crippen LogP contribution in [0.2, 0.25) is 0 Å². The number of fused-ring (bicyclic) bond motifs is 1. The number of nitrogens with one attached hydrogen (secondary N) is 1. The fraction of sp³-hybridized carbons (Fsp3) is 0.158. The van der Waals surface area contributed by atoms with Gasteiger partial charge in [-0.2, -0.15) is 13.2 Å². The molecule has 0 saturated heterocycles. The van der Waals surface area contributed by atoms with Gasteiger partial charge in [0.2, 0.25) is 0 Å². The van der Waals surface area contributed by atoms with Crippen molar-refractivity contribution in [1.82, 2.24) is 0 Å². The van der Waals surface area contributed by atoms with Gasteiger partial charge in [-0.3, -0.25) is 9.59 Å². The molecule has 1 heterocycles. The molecule has 3 aromatic rings. The topological polar surface area (TPSA) is 59.3 Å². The predicted octanol–water partition coefficient (Wildman–Crippen LogP) is 4.58. The number of hydrogen-bond donors (Lipinski definition) is 1. The van der Waals surface area contributed by atoms with E-state index in [9.17, 15) is 22.8 Å². The Morgan fingerprint density at radius 3 is 2.31 bits per heavy atom. The number of benzene rings is 2. The highest BCUT2D eigenvalue weighted by molar-refractivity contribution is 6.02. The molecular formula is C19H14F3NO3. The van der Waals surface area contributed by atoms with E-state index in [-0.39, 0.29) is 27.8 Å². The fourth-order valence-electron chi connectivity index (χ4n) is 2.70. The maximum Gasteiger partial charge on any atom is 0.471 e. The number of alkyl halides is 3. The first-order valence-electron chi connectivity index (χ1n) is 7.70. The second-order valence-corrected chi connectivity index (χ2v) is 5.84. The first kappa shape index (κ1) is 17.7. The Kier molecular flexibility index (Phi) is 4.31.